The minimum absolute atomic E-state index is 0.00948. The molecule has 1 heterocycles. The second kappa shape index (κ2) is 10.9. The van der Waals surface area contributed by atoms with Crippen LogP contribution in [0, 0.1) is 0 Å². The number of nitrogens with zero attached hydrogens (tertiary/aromatic N) is 3. The Morgan fingerprint density at radius 2 is 1.87 bits per heavy atom. The molecule has 0 spiro atoms. The minimum Gasteiger partial charge on any atom is -0.493 e. The Labute approximate surface area is 195 Å². The summed E-state index contributed by atoms with van der Waals surface area (Å²) in [6.45, 7) is 2.69. The van der Waals surface area contributed by atoms with E-state index in [2.05, 4.69) is 59.0 Å². The van der Waals surface area contributed by atoms with Gasteiger partial charge in [-0.05, 0) is 36.8 Å². The summed E-state index contributed by atoms with van der Waals surface area (Å²) < 4.78 is 1.80. The molecule has 1 aromatic heterocycles. The number of rotatable bonds is 7. The van der Waals surface area contributed by atoms with E-state index in [0.717, 1.165) is 32.7 Å². The van der Waals surface area contributed by atoms with Crippen LogP contribution in [0.15, 0.2) is 66.6 Å². The van der Waals surface area contributed by atoms with E-state index in [1.807, 2.05) is 30.3 Å². The minimum atomic E-state index is -0.0595. The molecule has 2 N–H and O–H groups in total. The third-order valence-electron chi connectivity index (χ3n) is 4.21. The molecule has 9 heteroatoms. The second-order valence-corrected chi connectivity index (χ2v) is 9.22. The van der Waals surface area contributed by atoms with E-state index in [9.17, 15) is 9.90 Å². The van der Waals surface area contributed by atoms with Crippen LogP contribution >= 0.6 is 43.6 Å². The Kier molecular flexibility index (Phi) is 8.24. The van der Waals surface area contributed by atoms with Gasteiger partial charge in [0.25, 0.3) is 0 Å². The molecule has 0 bridgehead atoms. The van der Waals surface area contributed by atoms with Crippen LogP contribution in [0.25, 0.3) is 10.9 Å². The number of nitrogens with one attached hydrogen (secondary N) is 1. The summed E-state index contributed by atoms with van der Waals surface area (Å²) in [5, 5.41) is 19.8. The summed E-state index contributed by atoms with van der Waals surface area (Å²) >= 11 is 8.04. The summed E-state index contributed by atoms with van der Waals surface area (Å²) in [6.07, 6.45) is 1.93. The lowest BCUT2D eigenvalue weighted by atomic mass is 10.2. The molecule has 0 aliphatic rings. The van der Waals surface area contributed by atoms with Crippen LogP contribution in [0.2, 0.25) is 0 Å². The Bertz CT molecular complexity index is 1090. The number of azo groups is 1. The molecule has 0 saturated carbocycles. The lowest BCUT2D eigenvalue weighted by Crippen LogP contribution is -2.04. The number of H-pyrrole nitrogens is 1. The van der Waals surface area contributed by atoms with Crippen LogP contribution in [0.4, 0.5) is 5.69 Å². The van der Waals surface area contributed by atoms with Gasteiger partial charge in [0.05, 0.1) is 11.3 Å². The van der Waals surface area contributed by atoms with Gasteiger partial charge in [0.2, 0.25) is 11.0 Å². The van der Waals surface area contributed by atoms with Crippen LogP contribution < -0.4 is 0 Å². The highest BCUT2D eigenvalue weighted by Crippen LogP contribution is 2.37. The highest BCUT2D eigenvalue weighted by atomic mass is 79.9. The van der Waals surface area contributed by atoms with Gasteiger partial charge in [-0.1, -0.05) is 69.1 Å². The molecule has 0 radical (unpaired) electrons. The molecule has 30 heavy (non-hydrogen) atoms. The van der Waals surface area contributed by atoms with Crippen molar-refractivity contribution in [2.24, 2.45) is 15.2 Å². The average molecular weight is 552 g/mol. The Balaban J connectivity index is 1.78. The molecule has 3 rings (SSSR count). The number of aromatic hydroxyl groups is 1. The molecular formula is C21H20Br2N4O2S. The quantitative estimate of drug-likeness (QED) is 0.106. The summed E-state index contributed by atoms with van der Waals surface area (Å²) in [5.41, 5.74) is 1.73. The van der Waals surface area contributed by atoms with Crippen LogP contribution in [-0.4, -0.2) is 33.3 Å². The molecule has 0 fully saturated rings. The van der Waals surface area contributed by atoms with Gasteiger partial charge in [-0.3, -0.25) is 9.79 Å². The number of carbonyl (C=O) groups excluding carboxylic acids is 1. The fourth-order valence-corrected chi connectivity index (χ4v) is 3.95. The molecule has 3 aromatic rings. The summed E-state index contributed by atoms with van der Waals surface area (Å²) in [4.78, 5) is 19.8. The van der Waals surface area contributed by atoms with E-state index in [1.54, 1.807) is 12.1 Å². The van der Waals surface area contributed by atoms with Crippen molar-refractivity contribution in [3.8, 4) is 5.88 Å². The molecule has 0 saturated heterocycles. The molecule has 0 aliphatic heterocycles. The van der Waals surface area contributed by atoms with Gasteiger partial charge in [-0.2, -0.15) is 0 Å². The molecule has 6 nitrogen and oxygen atoms in total. The van der Waals surface area contributed by atoms with Gasteiger partial charge in [-0.25, -0.2) is 0 Å². The number of aromatic amines is 1. The number of thioether (sulfide) groups is 1. The summed E-state index contributed by atoms with van der Waals surface area (Å²) in [7, 11) is 0. The number of halogens is 2. The summed E-state index contributed by atoms with van der Waals surface area (Å²) in [6, 6.07) is 12.8. The number of aliphatic imine (C=N–C) groups is 1. The summed E-state index contributed by atoms with van der Waals surface area (Å²) in [5.74, 6) is 0.136. The largest absolute Gasteiger partial charge is 0.493 e. The molecule has 0 atom stereocenters. The van der Waals surface area contributed by atoms with Crippen LogP contribution in [-0.2, 0) is 0 Å². The fourth-order valence-electron chi connectivity index (χ4n) is 2.62. The van der Waals surface area contributed by atoms with E-state index >= 15 is 0 Å². The molecule has 156 valence electrons. The maximum Gasteiger partial charge on any atom is 0.218 e. The maximum atomic E-state index is 12.5. The monoisotopic (exact) mass is 550 g/mol. The van der Waals surface area contributed by atoms with Crippen LogP contribution in [0.1, 0.15) is 30.1 Å². The van der Waals surface area contributed by atoms with Crippen molar-refractivity contribution in [1.29, 1.82) is 0 Å². The van der Waals surface area contributed by atoms with Crippen molar-refractivity contribution in [3.63, 3.8) is 0 Å². The van der Waals surface area contributed by atoms with Crippen molar-refractivity contribution in [2.75, 3.05) is 12.3 Å². The number of unbranched alkanes of at least 4 members (excludes halogenated alkanes) is 1. The first-order valence-electron chi connectivity index (χ1n) is 9.36. The molecule has 0 unspecified atom stereocenters. The van der Waals surface area contributed by atoms with E-state index in [0.29, 0.717) is 23.0 Å². The van der Waals surface area contributed by atoms with Gasteiger partial charge >= 0.3 is 0 Å². The van der Waals surface area contributed by atoms with Crippen molar-refractivity contribution in [3.05, 3.63) is 57.0 Å². The first-order valence-corrected chi connectivity index (χ1v) is 11.9. The van der Waals surface area contributed by atoms with Gasteiger partial charge in [-0.15, -0.1) is 10.2 Å². The number of aromatic nitrogens is 1. The Hall–Kier alpha value is -1.97. The van der Waals surface area contributed by atoms with Crippen molar-refractivity contribution in [2.45, 2.75) is 19.8 Å². The zero-order valence-electron chi connectivity index (χ0n) is 16.2. The van der Waals surface area contributed by atoms with Crippen molar-refractivity contribution in [1.82, 2.24) is 4.98 Å². The van der Waals surface area contributed by atoms with Gasteiger partial charge in [0.1, 0.15) is 0 Å². The van der Waals surface area contributed by atoms with E-state index in [1.165, 1.54) is 11.8 Å². The zero-order valence-corrected chi connectivity index (χ0v) is 20.2. The number of hydrogen-bond acceptors (Lipinski definition) is 5. The molecule has 0 amide bonds. The molecule has 0 aliphatic carbocycles. The number of amidine groups is 1. The Morgan fingerprint density at radius 3 is 2.60 bits per heavy atom. The topological polar surface area (TPSA) is 90.2 Å². The lowest BCUT2D eigenvalue weighted by Gasteiger charge is -2.02. The number of carbonyl (C=O) groups is 1. The van der Waals surface area contributed by atoms with E-state index in [4.69, 9.17) is 0 Å². The standard InChI is InChI=1S/C21H20Br2N4O2S/c1-2-3-10-24-21(30-12-18(28)13-4-6-14(22)7-5-13)27-26-19-16-11-15(23)8-9-17(16)25-20(19)29/h4-9,11,25,29H,2-3,10,12H2,1H3. The van der Waals surface area contributed by atoms with Crippen molar-refractivity contribution >= 4 is 71.2 Å². The predicted octanol–water partition coefficient (Wildman–Crippen LogP) is 7.25. The SMILES string of the molecule is CCCCN=C(N=Nc1c(O)[nH]c2ccc(Br)cc12)SCC(=O)c1ccc(Br)cc1. The third-order valence-corrected chi connectivity index (χ3v) is 6.10. The molecule has 2 aromatic carbocycles. The normalized spacial score (nSPS) is 12.2. The van der Waals surface area contributed by atoms with Gasteiger partial charge in [0.15, 0.2) is 11.5 Å². The van der Waals surface area contributed by atoms with Crippen LogP contribution in [0.5, 0.6) is 5.88 Å². The van der Waals surface area contributed by atoms with Crippen molar-refractivity contribution < 1.29 is 9.90 Å². The molecular weight excluding hydrogens is 532 g/mol. The first-order chi connectivity index (χ1) is 14.5. The van der Waals surface area contributed by atoms with E-state index < -0.39 is 0 Å². The fraction of sp³-hybridized carbons (Fsp3) is 0.238. The highest BCUT2D eigenvalue weighted by Gasteiger charge is 2.12. The third kappa shape index (κ3) is 6.02. The number of hydrogen-bond donors (Lipinski definition) is 2. The first kappa shape index (κ1) is 22.7. The lowest BCUT2D eigenvalue weighted by molar-refractivity contribution is 0.102. The van der Waals surface area contributed by atoms with Gasteiger partial charge in [0, 0.05) is 26.4 Å². The Morgan fingerprint density at radius 1 is 1.13 bits per heavy atom. The van der Waals surface area contributed by atoms with E-state index in [-0.39, 0.29) is 17.4 Å². The van der Waals surface area contributed by atoms with Crippen LogP contribution in [0.3, 0.4) is 0 Å². The smallest absolute Gasteiger partial charge is 0.218 e. The number of benzene rings is 2. The predicted molar refractivity (Wildman–Crippen MR) is 130 cm³/mol. The number of Topliss-reactive ketones (excluding diaryl/α,β-unsaturated/α-hetero) is 1. The highest BCUT2D eigenvalue weighted by molar-refractivity contribution is 9.10. The average Bonchev–Trinajstić information content (AvgIpc) is 3.04. The zero-order chi connectivity index (χ0) is 21.5. The maximum absolute atomic E-state index is 12.5. The number of ketones is 1. The number of fused-ring (bicyclic) bond motifs is 1. The second-order valence-electron chi connectivity index (χ2n) is 6.45. The van der Waals surface area contributed by atoms with Gasteiger partial charge < -0.3 is 10.1 Å².